The summed E-state index contributed by atoms with van der Waals surface area (Å²) in [5.41, 5.74) is 2.92. The Morgan fingerprint density at radius 1 is 1.03 bits per heavy atom. The van der Waals surface area contributed by atoms with Gasteiger partial charge >= 0.3 is 0 Å². The molecule has 1 aliphatic heterocycles. The largest absolute Gasteiger partial charge is 0.396 e. The summed E-state index contributed by atoms with van der Waals surface area (Å²) < 4.78 is 16.7. The number of aryl methyl sites for hydroxylation is 1. The van der Waals surface area contributed by atoms with Crippen molar-refractivity contribution in [1.29, 1.82) is 0 Å². The smallest absolute Gasteiger partial charge is 0.271 e. The number of aliphatic hydroxyl groups excluding tert-OH is 2. The molecule has 0 saturated heterocycles. The SMILES string of the molecule is Cc1ccccc1-n1nc(-c2c(-c3ccc(F)cc3)nn3c2NCC(CO)(CO)C3)ccc1=O. The fourth-order valence-corrected chi connectivity index (χ4v) is 4.23. The van der Waals surface area contributed by atoms with Crippen LogP contribution in [0.4, 0.5) is 10.2 Å². The number of hydrogen-bond acceptors (Lipinski definition) is 6. The van der Waals surface area contributed by atoms with Crippen LogP contribution in [0, 0.1) is 18.2 Å². The molecule has 1 aliphatic rings. The molecule has 4 aromatic rings. The predicted octanol–water partition coefficient (Wildman–Crippen LogP) is 2.61. The second-order valence-electron chi connectivity index (χ2n) is 8.66. The number of nitrogens with one attached hydrogen (secondary N) is 1. The number of hydrogen-bond donors (Lipinski definition) is 3. The van der Waals surface area contributed by atoms with E-state index in [0.717, 1.165) is 5.56 Å². The summed E-state index contributed by atoms with van der Waals surface area (Å²) in [5, 5.41) is 32.5. The number of aliphatic hydroxyl groups is 2. The maximum atomic E-state index is 13.6. The molecule has 0 radical (unpaired) electrons. The van der Waals surface area contributed by atoms with Crippen LogP contribution in [0.5, 0.6) is 0 Å². The van der Waals surface area contributed by atoms with Gasteiger partial charge in [-0.15, -0.1) is 0 Å². The summed E-state index contributed by atoms with van der Waals surface area (Å²) >= 11 is 0. The second-order valence-corrected chi connectivity index (χ2v) is 8.66. The van der Waals surface area contributed by atoms with Crippen LogP contribution in [0.15, 0.2) is 65.5 Å². The summed E-state index contributed by atoms with van der Waals surface area (Å²) in [5.74, 6) is 0.289. The van der Waals surface area contributed by atoms with Gasteiger partial charge in [0.2, 0.25) is 0 Å². The Morgan fingerprint density at radius 2 is 1.76 bits per heavy atom. The normalized spacial score (nSPS) is 14.5. The summed E-state index contributed by atoms with van der Waals surface area (Å²) in [4.78, 5) is 12.7. The second kappa shape index (κ2) is 8.51. The standard InChI is InChI=1S/C25H24FN5O3/c1-16-4-2-3-5-20(16)31-21(34)11-10-19(28-31)22-23(17-6-8-18(26)9-7-17)29-30-13-25(14-32,15-33)12-27-24(22)30/h2-11,27,32-33H,12-15H2,1H3. The highest BCUT2D eigenvalue weighted by Crippen LogP contribution is 2.40. The third-order valence-electron chi connectivity index (χ3n) is 6.26. The van der Waals surface area contributed by atoms with Crippen molar-refractivity contribution in [2.45, 2.75) is 13.5 Å². The van der Waals surface area contributed by atoms with Crippen LogP contribution in [0.25, 0.3) is 28.2 Å². The van der Waals surface area contributed by atoms with Crippen molar-refractivity contribution >= 4 is 5.82 Å². The van der Waals surface area contributed by atoms with Crippen molar-refractivity contribution in [3.63, 3.8) is 0 Å². The first kappa shape index (κ1) is 22.0. The number of para-hydroxylation sites is 1. The molecule has 0 unspecified atom stereocenters. The fourth-order valence-electron chi connectivity index (χ4n) is 4.23. The Labute approximate surface area is 194 Å². The number of aromatic nitrogens is 4. The van der Waals surface area contributed by atoms with E-state index < -0.39 is 5.41 Å². The number of halogens is 1. The summed E-state index contributed by atoms with van der Waals surface area (Å²) in [6, 6.07) is 16.6. The van der Waals surface area contributed by atoms with Crippen molar-refractivity contribution in [3.8, 4) is 28.2 Å². The Balaban J connectivity index is 1.72. The van der Waals surface area contributed by atoms with Gasteiger partial charge in [0.15, 0.2) is 0 Å². The van der Waals surface area contributed by atoms with Gasteiger partial charge in [-0.3, -0.25) is 4.79 Å². The lowest BCUT2D eigenvalue weighted by Gasteiger charge is -2.35. The van der Waals surface area contributed by atoms with E-state index in [1.54, 1.807) is 22.9 Å². The predicted molar refractivity (Wildman–Crippen MR) is 126 cm³/mol. The molecule has 174 valence electrons. The molecule has 3 N–H and O–H groups in total. The van der Waals surface area contributed by atoms with Crippen LogP contribution in [-0.4, -0.2) is 49.5 Å². The molecule has 2 aromatic heterocycles. The van der Waals surface area contributed by atoms with Crippen LogP contribution < -0.4 is 10.9 Å². The maximum Gasteiger partial charge on any atom is 0.271 e. The van der Waals surface area contributed by atoms with Gasteiger partial charge < -0.3 is 15.5 Å². The summed E-state index contributed by atoms with van der Waals surface area (Å²) in [6.45, 7) is 2.10. The average Bonchev–Trinajstić information content (AvgIpc) is 3.23. The van der Waals surface area contributed by atoms with E-state index in [0.29, 0.717) is 40.6 Å². The van der Waals surface area contributed by atoms with Gasteiger partial charge in [-0.05, 0) is 48.9 Å². The van der Waals surface area contributed by atoms with Crippen LogP contribution in [-0.2, 0) is 6.54 Å². The molecule has 0 saturated carbocycles. The third kappa shape index (κ3) is 3.68. The minimum Gasteiger partial charge on any atom is -0.396 e. The monoisotopic (exact) mass is 461 g/mol. The van der Waals surface area contributed by atoms with Crippen LogP contribution in [0.2, 0.25) is 0 Å². The maximum absolute atomic E-state index is 13.6. The molecule has 8 nitrogen and oxygen atoms in total. The quantitative estimate of drug-likeness (QED) is 0.422. The van der Waals surface area contributed by atoms with E-state index in [-0.39, 0.29) is 31.1 Å². The van der Waals surface area contributed by atoms with Crippen LogP contribution in [0.1, 0.15) is 5.56 Å². The lowest BCUT2D eigenvalue weighted by Crippen LogP contribution is -2.45. The van der Waals surface area contributed by atoms with E-state index in [1.165, 1.54) is 22.9 Å². The molecule has 0 fully saturated rings. The lowest BCUT2D eigenvalue weighted by molar-refractivity contribution is 0.0428. The van der Waals surface area contributed by atoms with Gasteiger partial charge in [0.05, 0.1) is 42.1 Å². The van der Waals surface area contributed by atoms with Gasteiger partial charge in [0.25, 0.3) is 5.56 Å². The minimum atomic E-state index is -0.774. The molecular weight excluding hydrogens is 437 g/mol. The van der Waals surface area contributed by atoms with E-state index >= 15 is 0 Å². The molecule has 0 bridgehead atoms. The molecule has 0 spiro atoms. The number of fused-ring (bicyclic) bond motifs is 1. The zero-order valence-electron chi connectivity index (χ0n) is 18.6. The first-order valence-corrected chi connectivity index (χ1v) is 10.9. The molecule has 3 heterocycles. The van der Waals surface area contributed by atoms with E-state index in [4.69, 9.17) is 5.10 Å². The number of benzene rings is 2. The molecule has 0 atom stereocenters. The number of nitrogens with zero attached hydrogens (tertiary/aromatic N) is 4. The van der Waals surface area contributed by atoms with Crippen molar-refractivity contribution in [2.24, 2.45) is 5.41 Å². The average molecular weight is 461 g/mol. The van der Waals surface area contributed by atoms with Crippen molar-refractivity contribution in [1.82, 2.24) is 19.6 Å². The topological polar surface area (TPSA) is 105 Å². The van der Waals surface area contributed by atoms with Gasteiger partial charge in [0.1, 0.15) is 17.3 Å². The molecule has 34 heavy (non-hydrogen) atoms. The Kier molecular flexibility index (Phi) is 5.51. The first-order chi connectivity index (χ1) is 16.4. The molecule has 9 heteroatoms. The highest BCUT2D eigenvalue weighted by molar-refractivity contribution is 5.87. The first-order valence-electron chi connectivity index (χ1n) is 10.9. The Hall–Kier alpha value is -3.82. The molecule has 0 amide bonds. The van der Waals surface area contributed by atoms with Crippen LogP contribution >= 0.6 is 0 Å². The van der Waals surface area contributed by atoms with E-state index in [9.17, 15) is 19.4 Å². The van der Waals surface area contributed by atoms with Crippen molar-refractivity contribution in [3.05, 3.63) is 82.4 Å². The highest BCUT2D eigenvalue weighted by atomic mass is 19.1. The number of anilines is 1. The van der Waals surface area contributed by atoms with Gasteiger partial charge in [-0.2, -0.15) is 14.9 Å². The summed E-state index contributed by atoms with van der Waals surface area (Å²) in [6.07, 6.45) is 0. The molecule has 2 aromatic carbocycles. The Morgan fingerprint density at radius 3 is 2.47 bits per heavy atom. The molecular formula is C25H24FN5O3. The number of rotatable bonds is 5. The third-order valence-corrected chi connectivity index (χ3v) is 6.26. The minimum absolute atomic E-state index is 0.215. The lowest BCUT2D eigenvalue weighted by atomic mass is 9.88. The van der Waals surface area contributed by atoms with Crippen molar-refractivity contribution in [2.75, 3.05) is 25.1 Å². The zero-order valence-corrected chi connectivity index (χ0v) is 18.6. The zero-order chi connectivity index (χ0) is 23.9. The molecule has 5 rings (SSSR count). The van der Waals surface area contributed by atoms with Gasteiger partial charge in [-0.25, -0.2) is 9.07 Å². The van der Waals surface area contributed by atoms with Crippen molar-refractivity contribution < 1.29 is 14.6 Å². The van der Waals surface area contributed by atoms with Crippen LogP contribution in [0.3, 0.4) is 0 Å². The highest BCUT2D eigenvalue weighted by Gasteiger charge is 2.37. The van der Waals surface area contributed by atoms with Gasteiger partial charge in [0, 0.05) is 18.2 Å². The Bertz CT molecular complexity index is 1410. The van der Waals surface area contributed by atoms with Gasteiger partial charge in [-0.1, -0.05) is 18.2 Å². The molecule has 0 aliphatic carbocycles. The summed E-state index contributed by atoms with van der Waals surface area (Å²) in [7, 11) is 0. The van der Waals surface area contributed by atoms with E-state index in [1.807, 2.05) is 31.2 Å². The van der Waals surface area contributed by atoms with E-state index in [2.05, 4.69) is 10.4 Å². The fraction of sp³-hybridized carbons (Fsp3) is 0.240.